The van der Waals surface area contributed by atoms with E-state index in [-0.39, 0.29) is 18.1 Å². The zero-order valence-corrected chi connectivity index (χ0v) is 11.3. The maximum Gasteiger partial charge on any atom is 0.323 e. The maximum atomic E-state index is 12.1. The molecule has 7 nitrogen and oxygen atoms in total. The Morgan fingerprint density at radius 3 is 3.15 bits per heavy atom. The van der Waals surface area contributed by atoms with Gasteiger partial charge < -0.3 is 19.9 Å². The quantitative estimate of drug-likeness (QED) is 0.770. The number of carbonyl (C=O) groups excluding carboxylic acids is 1. The molecule has 0 fully saturated rings. The molecule has 0 aromatic carbocycles. The van der Waals surface area contributed by atoms with Gasteiger partial charge in [-0.2, -0.15) is 0 Å². The zero-order valence-electron chi connectivity index (χ0n) is 11.3. The van der Waals surface area contributed by atoms with Crippen molar-refractivity contribution in [2.45, 2.75) is 38.8 Å². The van der Waals surface area contributed by atoms with E-state index >= 15 is 0 Å². The highest BCUT2D eigenvalue weighted by Gasteiger charge is 2.21. The Morgan fingerprint density at radius 2 is 2.45 bits per heavy atom. The molecule has 2 aromatic rings. The van der Waals surface area contributed by atoms with Crippen LogP contribution in [0.3, 0.4) is 0 Å². The van der Waals surface area contributed by atoms with Gasteiger partial charge in [-0.05, 0) is 12.8 Å². The number of nitrogens with one attached hydrogen (secondary N) is 3. The number of fused-ring (bicyclic) bond motifs is 1. The number of hydrogen-bond donors (Lipinski definition) is 3. The van der Waals surface area contributed by atoms with Crippen molar-refractivity contribution < 1.29 is 4.79 Å². The Balaban J connectivity index is 1.70. The van der Waals surface area contributed by atoms with E-state index in [1.807, 2.05) is 0 Å². The lowest BCUT2D eigenvalue weighted by molar-refractivity contribution is 0.0945. The summed E-state index contributed by atoms with van der Waals surface area (Å²) >= 11 is 0. The summed E-state index contributed by atoms with van der Waals surface area (Å²) in [7, 11) is 0. The van der Waals surface area contributed by atoms with Crippen molar-refractivity contribution >= 4 is 5.91 Å². The molecule has 0 aliphatic carbocycles. The fraction of sp³-hybridized carbons (Fsp3) is 0.462. The first-order valence-electron chi connectivity index (χ1n) is 6.75. The molecule has 2 aromatic heterocycles. The number of imidazole rings is 2. The predicted molar refractivity (Wildman–Crippen MR) is 72.5 cm³/mol. The minimum atomic E-state index is -0.277. The number of hydrogen-bond acceptors (Lipinski definition) is 3. The van der Waals surface area contributed by atoms with E-state index in [9.17, 15) is 9.59 Å². The molecule has 1 aliphatic heterocycles. The Kier molecular flexibility index (Phi) is 3.17. The van der Waals surface area contributed by atoms with Gasteiger partial charge in [0.05, 0.1) is 12.2 Å². The Morgan fingerprint density at radius 1 is 1.60 bits per heavy atom. The van der Waals surface area contributed by atoms with Gasteiger partial charge in [0.15, 0.2) is 0 Å². The number of amides is 1. The third kappa shape index (κ3) is 2.38. The van der Waals surface area contributed by atoms with Gasteiger partial charge in [-0.1, -0.05) is 6.92 Å². The second-order valence-electron chi connectivity index (χ2n) is 5.17. The van der Waals surface area contributed by atoms with E-state index < -0.39 is 0 Å². The monoisotopic (exact) mass is 275 g/mol. The first-order valence-corrected chi connectivity index (χ1v) is 6.75. The van der Waals surface area contributed by atoms with E-state index in [0.29, 0.717) is 17.3 Å². The van der Waals surface area contributed by atoms with Crippen molar-refractivity contribution in [2.75, 3.05) is 0 Å². The van der Waals surface area contributed by atoms with Gasteiger partial charge in [-0.15, -0.1) is 0 Å². The summed E-state index contributed by atoms with van der Waals surface area (Å²) in [5.74, 6) is 1.16. The normalized spacial score (nSPS) is 17.8. The topological polar surface area (TPSA) is 95.6 Å². The second-order valence-corrected chi connectivity index (χ2v) is 5.17. The van der Waals surface area contributed by atoms with Crippen LogP contribution in [-0.2, 0) is 13.1 Å². The van der Waals surface area contributed by atoms with Crippen LogP contribution < -0.4 is 11.0 Å². The number of aromatic nitrogens is 4. The third-order valence-electron chi connectivity index (χ3n) is 3.61. The van der Waals surface area contributed by atoms with Gasteiger partial charge in [0.2, 0.25) is 0 Å². The van der Waals surface area contributed by atoms with Crippen molar-refractivity contribution in [3.8, 4) is 0 Å². The van der Waals surface area contributed by atoms with Crippen LogP contribution in [0.15, 0.2) is 17.2 Å². The van der Waals surface area contributed by atoms with Crippen LogP contribution in [0, 0.1) is 0 Å². The number of nitrogens with zero attached hydrogens (tertiary/aromatic N) is 2. The van der Waals surface area contributed by atoms with E-state index in [0.717, 1.165) is 25.2 Å². The fourth-order valence-electron chi connectivity index (χ4n) is 2.54. The van der Waals surface area contributed by atoms with Gasteiger partial charge in [0.1, 0.15) is 11.5 Å². The van der Waals surface area contributed by atoms with Crippen LogP contribution in [-0.4, -0.2) is 25.4 Å². The molecule has 106 valence electrons. The summed E-state index contributed by atoms with van der Waals surface area (Å²) in [4.78, 5) is 32.5. The van der Waals surface area contributed by atoms with Crippen LogP contribution in [0.5, 0.6) is 0 Å². The van der Waals surface area contributed by atoms with Crippen LogP contribution in [0.4, 0.5) is 0 Å². The Bertz CT molecular complexity index is 681. The maximum absolute atomic E-state index is 12.1. The zero-order chi connectivity index (χ0) is 14.1. The van der Waals surface area contributed by atoms with Gasteiger partial charge in [-0.25, -0.2) is 9.78 Å². The van der Waals surface area contributed by atoms with E-state index in [1.54, 1.807) is 12.4 Å². The van der Waals surface area contributed by atoms with Gasteiger partial charge in [0.25, 0.3) is 5.91 Å². The lowest BCUT2D eigenvalue weighted by atomic mass is 10.0. The highest BCUT2D eigenvalue weighted by molar-refractivity contribution is 5.92. The van der Waals surface area contributed by atoms with E-state index in [1.165, 1.54) is 0 Å². The minimum Gasteiger partial charge on any atom is -0.345 e. The molecule has 7 heteroatoms. The summed E-state index contributed by atoms with van der Waals surface area (Å²) in [6, 6.07) is 0. The molecule has 1 amide bonds. The van der Waals surface area contributed by atoms with Crippen molar-refractivity contribution in [3.05, 3.63) is 40.1 Å². The molecule has 1 unspecified atom stereocenters. The lowest BCUT2D eigenvalue weighted by Crippen LogP contribution is -2.23. The molecule has 0 saturated carbocycles. The molecule has 3 heterocycles. The molecule has 3 rings (SSSR count). The van der Waals surface area contributed by atoms with Gasteiger partial charge >= 0.3 is 5.69 Å². The number of H-pyrrole nitrogens is 2. The SMILES string of the molecule is CC1CCCn2cc(C(=O)NCc3c[nH]c(=O)[nH]3)nc21. The molecule has 0 saturated heterocycles. The first kappa shape index (κ1) is 12.7. The van der Waals surface area contributed by atoms with E-state index in [4.69, 9.17) is 0 Å². The molecule has 1 atom stereocenters. The van der Waals surface area contributed by atoms with Crippen LogP contribution >= 0.6 is 0 Å². The van der Waals surface area contributed by atoms with Gasteiger partial charge in [0, 0.05) is 24.9 Å². The van der Waals surface area contributed by atoms with Crippen molar-refractivity contribution in [2.24, 2.45) is 0 Å². The highest BCUT2D eigenvalue weighted by Crippen LogP contribution is 2.25. The minimum absolute atomic E-state index is 0.221. The largest absolute Gasteiger partial charge is 0.345 e. The molecule has 0 radical (unpaired) electrons. The second kappa shape index (κ2) is 4.99. The fourth-order valence-corrected chi connectivity index (χ4v) is 2.54. The van der Waals surface area contributed by atoms with Crippen LogP contribution in [0.2, 0.25) is 0 Å². The van der Waals surface area contributed by atoms with Crippen molar-refractivity contribution in [3.63, 3.8) is 0 Å². The highest BCUT2D eigenvalue weighted by atomic mass is 16.2. The van der Waals surface area contributed by atoms with Crippen LogP contribution in [0.25, 0.3) is 0 Å². The summed E-state index contributed by atoms with van der Waals surface area (Å²) in [5.41, 5.74) is 0.799. The summed E-state index contributed by atoms with van der Waals surface area (Å²) < 4.78 is 2.06. The standard InChI is InChI=1S/C13H17N5O2/c1-8-3-2-4-18-7-10(17-11(8)18)12(19)14-5-9-6-15-13(20)16-9/h6-8H,2-5H2,1H3,(H,14,19)(H2,15,16,20). The number of aromatic amines is 2. The molecule has 20 heavy (non-hydrogen) atoms. The summed E-state index contributed by atoms with van der Waals surface area (Å²) in [6.07, 6.45) is 5.59. The first-order chi connectivity index (χ1) is 9.63. The molecular weight excluding hydrogens is 258 g/mol. The number of aryl methyl sites for hydroxylation is 1. The molecule has 1 aliphatic rings. The van der Waals surface area contributed by atoms with E-state index in [2.05, 4.69) is 31.8 Å². The third-order valence-corrected chi connectivity index (χ3v) is 3.61. The Hall–Kier alpha value is -2.31. The smallest absolute Gasteiger partial charge is 0.323 e. The molecule has 0 bridgehead atoms. The van der Waals surface area contributed by atoms with Crippen LogP contribution in [0.1, 0.15) is 47.7 Å². The number of carbonyl (C=O) groups is 1. The predicted octanol–water partition coefficient (Wildman–Crippen LogP) is 0.727. The number of rotatable bonds is 3. The summed E-state index contributed by atoms with van der Waals surface area (Å²) in [6.45, 7) is 3.32. The van der Waals surface area contributed by atoms with Crippen molar-refractivity contribution in [1.29, 1.82) is 0 Å². The van der Waals surface area contributed by atoms with Gasteiger partial charge in [-0.3, -0.25) is 4.79 Å². The molecule has 0 spiro atoms. The lowest BCUT2D eigenvalue weighted by Gasteiger charge is -2.19. The molecular formula is C13H17N5O2. The Labute approximate surface area is 115 Å². The summed E-state index contributed by atoms with van der Waals surface area (Å²) in [5, 5.41) is 2.75. The molecule has 3 N–H and O–H groups in total. The average molecular weight is 275 g/mol. The van der Waals surface area contributed by atoms with Crippen molar-refractivity contribution in [1.82, 2.24) is 24.8 Å². The average Bonchev–Trinajstić information content (AvgIpc) is 3.03.